The average molecular weight is 199 g/mol. The number of hydrogen-bond acceptors (Lipinski definition) is 2. The normalized spacial score (nSPS) is 28.9. The van der Waals surface area contributed by atoms with Crippen LogP contribution in [0.25, 0.3) is 0 Å². The number of carboxylic acid groups (broad SMARTS) is 2. The molecule has 2 fully saturated rings. The van der Waals surface area contributed by atoms with E-state index in [-0.39, 0.29) is 5.41 Å². The topological polar surface area (TPSA) is 77.8 Å². The van der Waals surface area contributed by atoms with Gasteiger partial charge in [-0.25, -0.2) is 9.59 Å². The molecule has 0 aromatic heterocycles. The Balaban J connectivity index is 2.12. The van der Waals surface area contributed by atoms with Gasteiger partial charge in [0.25, 0.3) is 0 Å². The number of nitrogens with zero attached hydrogens (tertiary/aromatic N) is 1. The van der Waals surface area contributed by atoms with E-state index in [0.29, 0.717) is 13.0 Å². The van der Waals surface area contributed by atoms with Crippen LogP contribution in [0.5, 0.6) is 0 Å². The van der Waals surface area contributed by atoms with Gasteiger partial charge in [-0.2, -0.15) is 0 Å². The van der Waals surface area contributed by atoms with E-state index < -0.39 is 18.1 Å². The second-order valence-electron chi connectivity index (χ2n) is 4.28. The van der Waals surface area contributed by atoms with Crippen LogP contribution in [0.4, 0.5) is 4.79 Å². The Labute approximate surface area is 81.3 Å². The van der Waals surface area contributed by atoms with E-state index in [1.165, 1.54) is 0 Å². The Morgan fingerprint density at radius 2 is 1.86 bits per heavy atom. The first-order valence-corrected chi connectivity index (χ1v) is 4.76. The molecule has 1 heterocycles. The number of carboxylic acids is 1. The highest BCUT2D eigenvalue weighted by molar-refractivity contribution is 5.79. The standard InChI is InChI=1S/C9H13NO4/c11-7(12)6-5-9(1-2-9)3-4-10(6)8(13)14/h6H,1-5H2,(H,11,12)(H,13,14)/t6-/m0/s1. The molecule has 1 atom stereocenters. The Morgan fingerprint density at radius 3 is 2.29 bits per heavy atom. The van der Waals surface area contributed by atoms with Gasteiger partial charge in [-0.05, 0) is 31.1 Å². The van der Waals surface area contributed by atoms with Crippen LogP contribution >= 0.6 is 0 Å². The van der Waals surface area contributed by atoms with Crippen molar-refractivity contribution in [3.8, 4) is 0 Å². The summed E-state index contributed by atoms with van der Waals surface area (Å²) in [6.45, 7) is 0.367. The lowest BCUT2D eigenvalue weighted by Crippen LogP contribution is -2.50. The molecule has 78 valence electrons. The van der Waals surface area contributed by atoms with Crippen LogP contribution < -0.4 is 0 Å². The lowest BCUT2D eigenvalue weighted by Gasteiger charge is -2.35. The number of hydrogen-bond donors (Lipinski definition) is 2. The van der Waals surface area contributed by atoms with Gasteiger partial charge in [0.15, 0.2) is 0 Å². The number of likely N-dealkylation sites (tertiary alicyclic amines) is 1. The molecule has 0 radical (unpaired) electrons. The first-order chi connectivity index (χ1) is 6.54. The summed E-state index contributed by atoms with van der Waals surface area (Å²) in [7, 11) is 0. The predicted molar refractivity (Wildman–Crippen MR) is 47.1 cm³/mol. The molecular formula is C9H13NO4. The first kappa shape index (κ1) is 9.30. The van der Waals surface area contributed by atoms with E-state index in [1.54, 1.807) is 0 Å². The van der Waals surface area contributed by atoms with Crippen molar-refractivity contribution in [1.29, 1.82) is 0 Å². The van der Waals surface area contributed by atoms with Crippen LogP contribution in [0.2, 0.25) is 0 Å². The smallest absolute Gasteiger partial charge is 0.408 e. The van der Waals surface area contributed by atoms with Crippen LogP contribution in [0, 0.1) is 5.41 Å². The molecule has 5 nitrogen and oxygen atoms in total. The molecule has 0 aromatic rings. The molecule has 0 bridgehead atoms. The van der Waals surface area contributed by atoms with E-state index in [4.69, 9.17) is 10.2 Å². The fourth-order valence-corrected chi connectivity index (χ4v) is 2.22. The molecule has 1 saturated carbocycles. The summed E-state index contributed by atoms with van der Waals surface area (Å²) in [6, 6.07) is -0.830. The van der Waals surface area contributed by atoms with Gasteiger partial charge in [-0.15, -0.1) is 0 Å². The van der Waals surface area contributed by atoms with Crippen molar-refractivity contribution in [3.63, 3.8) is 0 Å². The van der Waals surface area contributed by atoms with Crippen LogP contribution in [0.1, 0.15) is 25.7 Å². The maximum absolute atomic E-state index is 10.9. The number of amides is 1. The van der Waals surface area contributed by atoms with Crippen molar-refractivity contribution in [3.05, 3.63) is 0 Å². The molecule has 1 saturated heterocycles. The van der Waals surface area contributed by atoms with Gasteiger partial charge in [-0.3, -0.25) is 4.90 Å². The van der Waals surface area contributed by atoms with Crippen molar-refractivity contribution in [1.82, 2.24) is 4.90 Å². The zero-order valence-corrected chi connectivity index (χ0v) is 7.77. The Morgan fingerprint density at radius 1 is 1.21 bits per heavy atom. The number of piperidine rings is 1. The Kier molecular flexibility index (Phi) is 1.90. The van der Waals surface area contributed by atoms with Crippen LogP contribution in [-0.4, -0.2) is 39.8 Å². The highest BCUT2D eigenvalue weighted by atomic mass is 16.4. The zero-order chi connectivity index (χ0) is 10.3. The van der Waals surface area contributed by atoms with Crippen molar-refractivity contribution in [2.45, 2.75) is 31.7 Å². The summed E-state index contributed by atoms with van der Waals surface area (Å²) in [4.78, 5) is 22.7. The average Bonchev–Trinajstić information content (AvgIpc) is 2.84. The van der Waals surface area contributed by atoms with Gasteiger partial charge in [0, 0.05) is 6.54 Å². The number of carbonyl (C=O) groups is 2. The molecule has 0 unspecified atom stereocenters. The molecule has 2 N–H and O–H groups in total. The minimum absolute atomic E-state index is 0.162. The molecule has 5 heteroatoms. The fourth-order valence-electron chi connectivity index (χ4n) is 2.22. The summed E-state index contributed by atoms with van der Waals surface area (Å²) in [5, 5.41) is 17.7. The third-order valence-corrected chi connectivity index (χ3v) is 3.37. The van der Waals surface area contributed by atoms with Gasteiger partial charge >= 0.3 is 12.1 Å². The highest BCUT2D eigenvalue weighted by Crippen LogP contribution is 2.55. The number of aliphatic carboxylic acids is 1. The lowest BCUT2D eigenvalue weighted by molar-refractivity contribution is -0.144. The maximum atomic E-state index is 10.9. The Hall–Kier alpha value is -1.26. The van der Waals surface area contributed by atoms with Crippen molar-refractivity contribution >= 4 is 12.1 Å². The molecular weight excluding hydrogens is 186 g/mol. The first-order valence-electron chi connectivity index (χ1n) is 4.76. The quantitative estimate of drug-likeness (QED) is 0.660. The summed E-state index contributed by atoms with van der Waals surface area (Å²) in [5.74, 6) is -1.02. The van der Waals surface area contributed by atoms with Gasteiger partial charge < -0.3 is 10.2 Å². The van der Waals surface area contributed by atoms with Crippen LogP contribution in [0.15, 0.2) is 0 Å². The van der Waals surface area contributed by atoms with E-state index in [0.717, 1.165) is 24.2 Å². The molecule has 14 heavy (non-hydrogen) atoms. The maximum Gasteiger partial charge on any atom is 0.408 e. The zero-order valence-electron chi connectivity index (χ0n) is 7.77. The van der Waals surface area contributed by atoms with Gasteiger partial charge in [0.2, 0.25) is 0 Å². The minimum atomic E-state index is -1.12. The Bertz CT molecular complexity index is 285. The molecule has 1 aliphatic carbocycles. The molecule has 0 aromatic carbocycles. The molecule has 1 aliphatic heterocycles. The predicted octanol–water partition coefficient (Wildman–Crippen LogP) is 0.994. The van der Waals surface area contributed by atoms with Gasteiger partial charge in [-0.1, -0.05) is 0 Å². The lowest BCUT2D eigenvalue weighted by atomic mass is 9.88. The summed E-state index contributed by atoms with van der Waals surface area (Å²) in [6.07, 6.45) is 2.32. The molecule has 2 rings (SSSR count). The molecule has 1 amide bonds. The number of rotatable bonds is 1. The molecule has 1 spiro atoms. The summed E-state index contributed by atoms with van der Waals surface area (Å²) in [5.41, 5.74) is 0.162. The summed E-state index contributed by atoms with van der Waals surface area (Å²) < 4.78 is 0. The van der Waals surface area contributed by atoms with E-state index >= 15 is 0 Å². The van der Waals surface area contributed by atoms with Crippen molar-refractivity contribution in [2.24, 2.45) is 5.41 Å². The van der Waals surface area contributed by atoms with E-state index in [2.05, 4.69) is 0 Å². The summed E-state index contributed by atoms with van der Waals surface area (Å²) >= 11 is 0. The molecule has 2 aliphatic rings. The second kappa shape index (κ2) is 2.87. The third kappa shape index (κ3) is 1.42. The third-order valence-electron chi connectivity index (χ3n) is 3.37. The highest BCUT2D eigenvalue weighted by Gasteiger charge is 2.51. The SMILES string of the molecule is O=C(O)[C@@H]1CC2(CCN1C(=O)O)CC2. The minimum Gasteiger partial charge on any atom is -0.480 e. The second-order valence-corrected chi connectivity index (χ2v) is 4.28. The van der Waals surface area contributed by atoms with Crippen molar-refractivity contribution < 1.29 is 19.8 Å². The van der Waals surface area contributed by atoms with Gasteiger partial charge in [0.05, 0.1) is 0 Å². The van der Waals surface area contributed by atoms with Crippen molar-refractivity contribution in [2.75, 3.05) is 6.54 Å². The van der Waals surface area contributed by atoms with Crippen LogP contribution in [-0.2, 0) is 4.79 Å². The monoisotopic (exact) mass is 199 g/mol. The van der Waals surface area contributed by atoms with Crippen LogP contribution in [0.3, 0.4) is 0 Å². The van der Waals surface area contributed by atoms with Gasteiger partial charge in [0.1, 0.15) is 6.04 Å². The van der Waals surface area contributed by atoms with E-state index in [1.807, 2.05) is 0 Å². The largest absolute Gasteiger partial charge is 0.480 e. The fraction of sp³-hybridized carbons (Fsp3) is 0.778. The van der Waals surface area contributed by atoms with E-state index in [9.17, 15) is 9.59 Å².